The number of rotatable bonds is 2. The largest absolute Gasteiger partial charge is 0.388 e. The maximum Gasteiger partial charge on any atom is 0.190 e. The molecule has 0 saturated heterocycles. The summed E-state index contributed by atoms with van der Waals surface area (Å²) in [5.41, 5.74) is -1.86. The quantitative estimate of drug-likeness (QED) is 0.785. The van der Waals surface area contributed by atoms with E-state index in [1.54, 1.807) is 12.2 Å². The summed E-state index contributed by atoms with van der Waals surface area (Å²) in [6.07, 6.45) is 7.82. The zero-order chi connectivity index (χ0) is 18.9. The van der Waals surface area contributed by atoms with E-state index in [1.807, 2.05) is 19.9 Å². The first-order valence-corrected chi connectivity index (χ1v) is 9.51. The molecule has 0 aromatic carbocycles. The molecule has 6 atom stereocenters. The fourth-order valence-electron chi connectivity index (χ4n) is 6.62. The van der Waals surface area contributed by atoms with Gasteiger partial charge in [-0.25, -0.2) is 0 Å². The van der Waals surface area contributed by atoms with Crippen molar-refractivity contribution in [2.24, 2.45) is 28.6 Å². The molecule has 0 spiro atoms. The summed E-state index contributed by atoms with van der Waals surface area (Å²) in [6, 6.07) is 0. The molecule has 2 unspecified atom stereocenters. The Morgan fingerprint density at radius 2 is 2.00 bits per heavy atom. The van der Waals surface area contributed by atoms with Gasteiger partial charge in [-0.2, -0.15) is 0 Å². The normalized spacial score (nSPS) is 47.1. The van der Waals surface area contributed by atoms with E-state index in [4.69, 9.17) is 0 Å². The molecule has 5 heteroatoms. The van der Waals surface area contributed by atoms with Crippen LogP contribution in [0.5, 0.6) is 0 Å². The highest BCUT2D eigenvalue weighted by molar-refractivity contribution is 6.02. The molecule has 0 aliphatic heterocycles. The molecule has 0 radical (unpaired) electrons. The van der Waals surface area contributed by atoms with Crippen LogP contribution in [0.3, 0.4) is 0 Å². The minimum Gasteiger partial charge on any atom is -0.388 e. The summed E-state index contributed by atoms with van der Waals surface area (Å²) in [5, 5.41) is 20.5. The molecule has 0 aromatic heterocycles. The SMILES string of the molecule is CC12C=CC(=O)C=C1CC[C@@H]1[C@@H]2C(=O)CC2(C)[C@H]1CC[C@]2(O)C(=O)CO. The summed E-state index contributed by atoms with van der Waals surface area (Å²) in [5.74, 6) is -0.590. The second kappa shape index (κ2) is 5.46. The van der Waals surface area contributed by atoms with Crippen LogP contribution in [-0.2, 0) is 14.4 Å². The number of aliphatic hydroxyl groups excluding tert-OH is 1. The molecule has 3 fully saturated rings. The van der Waals surface area contributed by atoms with E-state index in [2.05, 4.69) is 0 Å². The molecule has 4 aliphatic rings. The first-order chi connectivity index (χ1) is 12.2. The standard InChI is InChI=1S/C21H26O5/c1-19-7-5-13(23)9-12(19)3-4-14-15-6-8-21(26,17(25)11-22)20(15,2)10-16(24)18(14)19/h5,7,9,14-15,18,22,26H,3-4,6,8,10-11H2,1-2H3/t14-,15-,18+,19?,20?,21-/m0/s1. The van der Waals surface area contributed by atoms with Gasteiger partial charge >= 0.3 is 0 Å². The number of Topliss-reactive ketones (excluding diaryl/α,β-unsaturated/α-hetero) is 2. The number of carbonyl (C=O) groups excluding carboxylic acids is 3. The van der Waals surface area contributed by atoms with E-state index in [9.17, 15) is 24.6 Å². The van der Waals surface area contributed by atoms with Gasteiger partial charge in [0.1, 0.15) is 18.0 Å². The first kappa shape index (κ1) is 17.8. The van der Waals surface area contributed by atoms with Crippen molar-refractivity contribution in [2.75, 3.05) is 6.61 Å². The Kier molecular flexibility index (Phi) is 3.74. The zero-order valence-electron chi connectivity index (χ0n) is 15.3. The van der Waals surface area contributed by atoms with Crippen molar-refractivity contribution in [1.82, 2.24) is 0 Å². The minimum atomic E-state index is -1.62. The lowest BCUT2D eigenvalue weighted by Gasteiger charge is -2.56. The molecule has 3 saturated carbocycles. The van der Waals surface area contributed by atoms with Crippen LogP contribution >= 0.6 is 0 Å². The molecule has 0 bridgehead atoms. The Bertz CT molecular complexity index is 764. The summed E-state index contributed by atoms with van der Waals surface area (Å²) < 4.78 is 0. The third-order valence-electron chi connectivity index (χ3n) is 8.01. The van der Waals surface area contributed by atoms with Crippen LogP contribution in [0.1, 0.15) is 46.0 Å². The molecule has 0 heterocycles. The van der Waals surface area contributed by atoms with Crippen LogP contribution in [-0.4, -0.2) is 39.8 Å². The van der Waals surface area contributed by atoms with Gasteiger partial charge in [0.05, 0.1) is 0 Å². The number of hydrogen-bond donors (Lipinski definition) is 2. The van der Waals surface area contributed by atoms with Crippen molar-refractivity contribution in [2.45, 2.75) is 51.6 Å². The summed E-state index contributed by atoms with van der Waals surface area (Å²) >= 11 is 0. The average molecular weight is 358 g/mol. The molecule has 26 heavy (non-hydrogen) atoms. The van der Waals surface area contributed by atoms with Crippen LogP contribution in [0, 0.1) is 28.6 Å². The highest BCUT2D eigenvalue weighted by Gasteiger charge is 2.68. The second-order valence-electron chi connectivity index (χ2n) is 9.02. The number of aliphatic hydroxyl groups is 2. The van der Waals surface area contributed by atoms with Gasteiger partial charge in [0.25, 0.3) is 0 Å². The average Bonchev–Trinajstić information content (AvgIpc) is 2.86. The number of allylic oxidation sites excluding steroid dienone is 4. The van der Waals surface area contributed by atoms with Crippen molar-refractivity contribution in [3.63, 3.8) is 0 Å². The van der Waals surface area contributed by atoms with Crippen molar-refractivity contribution in [3.8, 4) is 0 Å². The van der Waals surface area contributed by atoms with Crippen molar-refractivity contribution < 1.29 is 24.6 Å². The number of fused-ring (bicyclic) bond motifs is 5. The van der Waals surface area contributed by atoms with E-state index in [-0.39, 0.29) is 35.7 Å². The zero-order valence-corrected chi connectivity index (χ0v) is 15.3. The summed E-state index contributed by atoms with van der Waals surface area (Å²) in [7, 11) is 0. The lowest BCUT2D eigenvalue weighted by molar-refractivity contribution is -0.168. The fourth-order valence-corrected chi connectivity index (χ4v) is 6.62. The van der Waals surface area contributed by atoms with Gasteiger partial charge in [0, 0.05) is 23.2 Å². The molecular weight excluding hydrogens is 332 g/mol. The van der Waals surface area contributed by atoms with Gasteiger partial charge in [-0.05, 0) is 49.7 Å². The highest BCUT2D eigenvalue weighted by Crippen LogP contribution is 2.66. The molecule has 4 rings (SSSR count). The Morgan fingerprint density at radius 1 is 1.27 bits per heavy atom. The smallest absolute Gasteiger partial charge is 0.190 e. The van der Waals surface area contributed by atoms with Crippen molar-refractivity contribution in [1.29, 1.82) is 0 Å². The number of hydrogen-bond acceptors (Lipinski definition) is 5. The molecule has 5 nitrogen and oxygen atoms in total. The maximum atomic E-state index is 13.3. The molecule has 2 N–H and O–H groups in total. The van der Waals surface area contributed by atoms with Gasteiger partial charge in [0.2, 0.25) is 0 Å². The van der Waals surface area contributed by atoms with Gasteiger partial charge < -0.3 is 10.2 Å². The molecule has 4 aliphatic carbocycles. The highest BCUT2D eigenvalue weighted by atomic mass is 16.3. The van der Waals surface area contributed by atoms with Crippen molar-refractivity contribution in [3.05, 3.63) is 23.8 Å². The predicted octanol–water partition coefficient (Wildman–Crippen LogP) is 1.77. The molecule has 140 valence electrons. The van der Waals surface area contributed by atoms with Crippen molar-refractivity contribution >= 4 is 17.3 Å². The first-order valence-electron chi connectivity index (χ1n) is 9.51. The molecular formula is C21H26O5. The minimum absolute atomic E-state index is 0.0206. The number of carbonyl (C=O) groups is 3. The third kappa shape index (κ3) is 2.01. The van der Waals surface area contributed by atoms with Gasteiger partial charge in [-0.15, -0.1) is 0 Å². The Hall–Kier alpha value is -1.59. The van der Waals surface area contributed by atoms with Crippen LogP contribution in [0.25, 0.3) is 0 Å². The van der Waals surface area contributed by atoms with Crippen LogP contribution in [0.2, 0.25) is 0 Å². The topological polar surface area (TPSA) is 91.7 Å². The molecule has 0 aromatic rings. The third-order valence-corrected chi connectivity index (χ3v) is 8.01. The lowest BCUT2D eigenvalue weighted by Crippen LogP contribution is -2.60. The van der Waals surface area contributed by atoms with Gasteiger partial charge in [-0.1, -0.05) is 25.5 Å². The van der Waals surface area contributed by atoms with E-state index in [0.717, 1.165) is 18.4 Å². The van der Waals surface area contributed by atoms with E-state index < -0.39 is 28.8 Å². The molecule has 0 amide bonds. The van der Waals surface area contributed by atoms with Crippen LogP contribution < -0.4 is 0 Å². The van der Waals surface area contributed by atoms with E-state index >= 15 is 0 Å². The summed E-state index contributed by atoms with van der Waals surface area (Å²) in [6.45, 7) is 3.19. The van der Waals surface area contributed by atoms with Crippen LogP contribution in [0.4, 0.5) is 0 Å². The van der Waals surface area contributed by atoms with Crippen LogP contribution in [0.15, 0.2) is 23.8 Å². The fraction of sp³-hybridized carbons (Fsp3) is 0.667. The van der Waals surface area contributed by atoms with E-state index in [0.29, 0.717) is 12.8 Å². The van der Waals surface area contributed by atoms with Gasteiger partial charge in [0.15, 0.2) is 11.6 Å². The summed E-state index contributed by atoms with van der Waals surface area (Å²) in [4.78, 5) is 37.4. The Morgan fingerprint density at radius 3 is 2.69 bits per heavy atom. The van der Waals surface area contributed by atoms with Gasteiger partial charge in [-0.3, -0.25) is 14.4 Å². The number of ketones is 3. The second-order valence-corrected chi connectivity index (χ2v) is 9.02. The lowest BCUT2D eigenvalue weighted by atomic mass is 9.46. The Labute approximate surface area is 153 Å². The maximum absolute atomic E-state index is 13.3. The predicted molar refractivity (Wildman–Crippen MR) is 94.0 cm³/mol. The van der Waals surface area contributed by atoms with E-state index in [1.165, 1.54) is 0 Å². The monoisotopic (exact) mass is 358 g/mol. The Balaban J connectivity index is 1.76.